The van der Waals surface area contributed by atoms with E-state index in [-0.39, 0.29) is 11.6 Å². The summed E-state index contributed by atoms with van der Waals surface area (Å²) in [6.07, 6.45) is 7.98. The fraction of sp³-hybridized carbons (Fsp3) is 0.263. The first-order valence-corrected chi connectivity index (χ1v) is 18.8. The van der Waals surface area contributed by atoms with E-state index >= 15 is 0 Å². The average Bonchev–Trinajstić information content (AvgIpc) is 3.42. The normalized spacial score (nSPS) is 13.6. The average molecular weight is 751 g/mol. The number of anilines is 2. The van der Waals surface area contributed by atoms with E-state index < -0.39 is 23.0 Å². The third-order valence-corrected chi connectivity index (χ3v) is 11.2. The summed E-state index contributed by atoms with van der Waals surface area (Å²) >= 11 is 15.3. The van der Waals surface area contributed by atoms with E-state index in [0.717, 1.165) is 53.9 Å². The molecule has 50 heavy (non-hydrogen) atoms. The number of carbonyl (C=O) groups is 4. The van der Waals surface area contributed by atoms with Gasteiger partial charge in [0.25, 0.3) is 11.8 Å². The maximum atomic E-state index is 13.6. The Kier molecular flexibility index (Phi) is 13.2. The molecule has 3 amide bonds. The summed E-state index contributed by atoms with van der Waals surface area (Å²) in [5, 5.41) is 9.41. The first-order valence-electron chi connectivity index (χ1n) is 16.3. The van der Waals surface area contributed by atoms with Gasteiger partial charge in [0.15, 0.2) is 0 Å². The molecule has 0 spiro atoms. The Morgan fingerprint density at radius 1 is 0.920 bits per heavy atom. The van der Waals surface area contributed by atoms with E-state index in [1.807, 2.05) is 13.0 Å². The second-order valence-electron chi connectivity index (χ2n) is 11.6. The summed E-state index contributed by atoms with van der Waals surface area (Å²) in [6.45, 7) is 1.92. The molecule has 1 aliphatic carbocycles. The number of rotatable bonds is 11. The highest BCUT2D eigenvalue weighted by molar-refractivity contribution is 8.00. The quantitative estimate of drug-likeness (QED) is 0.0800. The Morgan fingerprint density at radius 3 is 2.40 bits per heavy atom. The molecule has 0 saturated heterocycles. The largest absolute Gasteiger partial charge is 0.465 e. The van der Waals surface area contributed by atoms with Crippen LogP contribution in [0.4, 0.5) is 10.7 Å². The number of hydrogen-bond acceptors (Lipinski definition) is 7. The molecule has 1 atom stereocenters. The van der Waals surface area contributed by atoms with Crippen LogP contribution >= 0.6 is 46.3 Å². The zero-order chi connectivity index (χ0) is 35.6. The predicted octanol–water partition coefficient (Wildman–Crippen LogP) is 9.42. The maximum Gasteiger partial charge on any atom is 0.341 e. The number of thioether (sulfide) groups is 1. The van der Waals surface area contributed by atoms with Crippen LogP contribution in [0.3, 0.4) is 0 Å². The second kappa shape index (κ2) is 17.7. The van der Waals surface area contributed by atoms with Crippen molar-refractivity contribution in [3.05, 3.63) is 116 Å². The molecule has 12 heteroatoms. The molecule has 4 aromatic rings. The first-order chi connectivity index (χ1) is 24.2. The molecule has 8 nitrogen and oxygen atoms in total. The smallest absolute Gasteiger partial charge is 0.341 e. The summed E-state index contributed by atoms with van der Waals surface area (Å²) in [7, 11) is 1.36. The van der Waals surface area contributed by atoms with E-state index in [0.29, 0.717) is 43.8 Å². The molecule has 1 unspecified atom stereocenters. The Balaban J connectivity index is 1.33. The van der Waals surface area contributed by atoms with E-state index in [1.165, 1.54) is 36.3 Å². The number of nitrogens with one attached hydrogen (secondary N) is 3. The van der Waals surface area contributed by atoms with Gasteiger partial charge in [-0.3, -0.25) is 14.4 Å². The molecule has 0 bridgehead atoms. The molecule has 1 aromatic heterocycles. The van der Waals surface area contributed by atoms with Crippen LogP contribution in [-0.4, -0.2) is 36.1 Å². The van der Waals surface area contributed by atoms with Crippen LogP contribution < -0.4 is 16.0 Å². The number of fused-ring (bicyclic) bond motifs is 1. The highest BCUT2D eigenvalue weighted by Gasteiger charge is 2.28. The molecule has 0 fully saturated rings. The number of carbonyl (C=O) groups excluding carboxylic acids is 4. The zero-order valence-corrected chi connectivity index (χ0v) is 30.8. The van der Waals surface area contributed by atoms with Gasteiger partial charge >= 0.3 is 5.97 Å². The Bertz CT molecular complexity index is 1910. The van der Waals surface area contributed by atoms with Crippen molar-refractivity contribution in [1.29, 1.82) is 0 Å². The minimum absolute atomic E-state index is 0.0293. The van der Waals surface area contributed by atoms with Crippen molar-refractivity contribution >= 4 is 86.8 Å². The molecule has 260 valence electrons. The third kappa shape index (κ3) is 9.57. The molecule has 0 radical (unpaired) electrons. The summed E-state index contributed by atoms with van der Waals surface area (Å²) in [5.74, 6) is -1.70. The minimum atomic E-state index is -0.573. The van der Waals surface area contributed by atoms with E-state index in [4.69, 9.17) is 27.9 Å². The monoisotopic (exact) mass is 749 g/mol. The molecule has 0 aliphatic heterocycles. The van der Waals surface area contributed by atoms with Gasteiger partial charge in [0, 0.05) is 31.1 Å². The SMILES string of the molecule is CCC(Sc1cccc(NC(=O)/C(=C\c2ccc(Cl)cc2Cl)NC(=O)c2ccccc2)c1)C(=O)Nc1sc2c(c1C(=O)OC)CCCCCC2. The van der Waals surface area contributed by atoms with Crippen molar-refractivity contribution in [3.63, 3.8) is 0 Å². The van der Waals surface area contributed by atoms with Gasteiger partial charge in [-0.05, 0) is 91.8 Å². The highest BCUT2D eigenvalue weighted by Crippen LogP contribution is 2.38. The van der Waals surface area contributed by atoms with Crippen molar-refractivity contribution in [2.24, 2.45) is 0 Å². The zero-order valence-electron chi connectivity index (χ0n) is 27.6. The lowest BCUT2D eigenvalue weighted by atomic mass is 9.96. The molecule has 3 aromatic carbocycles. The summed E-state index contributed by atoms with van der Waals surface area (Å²) in [6, 6.07) is 20.5. The van der Waals surface area contributed by atoms with Gasteiger partial charge in [-0.25, -0.2) is 4.79 Å². The number of esters is 1. The van der Waals surface area contributed by atoms with Crippen LogP contribution in [0, 0.1) is 0 Å². The topological polar surface area (TPSA) is 114 Å². The summed E-state index contributed by atoms with van der Waals surface area (Å²) < 4.78 is 5.12. The van der Waals surface area contributed by atoms with Gasteiger partial charge in [0.1, 0.15) is 10.7 Å². The number of ether oxygens (including phenoxy) is 1. The van der Waals surface area contributed by atoms with Crippen LogP contribution in [0.1, 0.15) is 75.7 Å². The van der Waals surface area contributed by atoms with Crippen LogP contribution in [0.15, 0.2) is 83.4 Å². The van der Waals surface area contributed by atoms with Gasteiger partial charge in [-0.2, -0.15) is 0 Å². The highest BCUT2D eigenvalue weighted by atomic mass is 35.5. The van der Waals surface area contributed by atoms with Crippen molar-refractivity contribution in [2.75, 3.05) is 17.7 Å². The summed E-state index contributed by atoms with van der Waals surface area (Å²) in [4.78, 5) is 55.1. The maximum absolute atomic E-state index is 13.6. The number of methoxy groups -OCH3 is 1. The van der Waals surface area contributed by atoms with Gasteiger partial charge in [0.05, 0.1) is 17.9 Å². The fourth-order valence-electron chi connectivity index (χ4n) is 5.57. The molecular formula is C38H37Cl2N3O5S2. The summed E-state index contributed by atoms with van der Waals surface area (Å²) in [5.41, 5.74) is 2.76. The number of halogens is 2. The number of aryl methyl sites for hydroxylation is 1. The second-order valence-corrected chi connectivity index (χ2v) is 14.9. The fourth-order valence-corrected chi connectivity index (χ4v) is 8.32. The van der Waals surface area contributed by atoms with Crippen molar-refractivity contribution in [2.45, 2.75) is 62.0 Å². The molecular weight excluding hydrogens is 713 g/mol. The predicted molar refractivity (Wildman–Crippen MR) is 204 cm³/mol. The van der Waals surface area contributed by atoms with Crippen LogP contribution in [0.2, 0.25) is 10.0 Å². The molecule has 1 aliphatic rings. The van der Waals surface area contributed by atoms with Crippen molar-refractivity contribution in [3.8, 4) is 0 Å². The van der Waals surface area contributed by atoms with E-state index in [9.17, 15) is 19.2 Å². The van der Waals surface area contributed by atoms with Crippen molar-refractivity contribution in [1.82, 2.24) is 5.32 Å². The lowest BCUT2D eigenvalue weighted by molar-refractivity contribution is -0.116. The number of thiophene rings is 1. The van der Waals surface area contributed by atoms with Gasteiger partial charge in [-0.15, -0.1) is 23.1 Å². The van der Waals surface area contributed by atoms with Crippen LogP contribution in [-0.2, 0) is 27.2 Å². The van der Waals surface area contributed by atoms with Gasteiger partial charge in [-0.1, -0.05) is 73.3 Å². The molecule has 5 rings (SSSR count). The number of benzene rings is 3. The Hall–Kier alpha value is -4.09. The minimum Gasteiger partial charge on any atom is -0.465 e. The van der Waals surface area contributed by atoms with Crippen LogP contribution in [0.5, 0.6) is 0 Å². The van der Waals surface area contributed by atoms with Crippen LogP contribution in [0.25, 0.3) is 6.08 Å². The molecule has 1 heterocycles. The standard InChI is InChI=1S/C38H37Cl2N3O5S2/c1-3-31(36(46)43-37-33(38(47)48-2)28-16-9-4-5-10-17-32(28)50-37)49-27-15-11-14-26(22-27)41-35(45)30(20-24-18-19-25(39)21-29(24)40)42-34(44)23-12-7-6-8-13-23/h6-8,11-15,18-22,31H,3-5,9-10,16-17H2,1-2H3,(H,41,45)(H,42,44)(H,43,46)/b30-20+. The lowest BCUT2D eigenvalue weighted by Gasteiger charge is -2.16. The lowest BCUT2D eigenvalue weighted by Crippen LogP contribution is -2.30. The number of amides is 3. The van der Waals surface area contributed by atoms with E-state index in [1.54, 1.807) is 66.7 Å². The third-order valence-electron chi connectivity index (χ3n) is 8.12. The molecule has 0 saturated carbocycles. The van der Waals surface area contributed by atoms with E-state index in [2.05, 4.69) is 16.0 Å². The Morgan fingerprint density at radius 2 is 1.68 bits per heavy atom. The number of hydrogen-bond donors (Lipinski definition) is 3. The van der Waals surface area contributed by atoms with Gasteiger partial charge in [0.2, 0.25) is 5.91 Å². The van der Waals surface area contributed by atoms with Crippen molar-refractivity contribution < 1.29 is 23.9 Å². The Labute approximate surface area is 310 Å². The van der Waals surface area contributed by atoms with Gasteiger partial charge < -0.3 is 20.7 Å². The first kappa shape index (κ1) is 37.2. The molecule has 3 N–H and O–H groups in total.